The van der Waals surface area contributed by atoms with Crippen molar-refractivity contribution in [3.05, 3.63) is 54.0 Å². The number of likely N-dealkylation sites (N-methyl/N-ethyl adjacent to an activating group) is 1. The van der Waals surface area contributed by atoms with E-state index in [0.717, 1.165) is 40.6 Å². The van der Waals surface area contributed by atoms with Crippen LogP contribution in [0.25, 0.3) is 22.0 Å². The number of nitrogens with zero attached hydrogens (tertiary/aromatic N) is 1. The summed E-state index contributed by atoms with van der Waals surface area (Å²) in [5.74, 6) is -0.267. The van der Waals surface area contributed by atoms with E-state index in [-0.39, 0.29) is 5.82 Å². The summed E-state index contributed by atoms with van der Waals surface area (Å²) < 4.78 is 25.1. The fraction of sp³-hybridized carbons (Fsp3) is 0.222. The lowest BCUT2D eigenvalue weighted by atomic mass is 10.0. The highest BCUT2D eigenvalue weighted by Crippen LogP contribution is 2.31. The lowest BCUT2D eigenvalue weighted by Crippen LogP contribution is -2.17. The van der Waals surface area contributed by atoms with Gasteiger partial charge < -0.3 is 9.88 Å². The highest BCUT2D eigenvalue weighted by atomic mass is 32.2. The second-order valence-electron chi connectivity index (χ2n) is 6.07. The molecule has 0 radical (unpaired) electrons. The highest BCUT2D eigenvalue weighted by Gasteiger charge is 2.12. The number of nitrogens with one attached hydrogen (secondary N) is 1. The van der Waals surface area contributed by atoms with Crippen LogP contribution in [0.1, 0.15) is 5.56 Å². The molecular weight excluding hydrogens is 325 g/mol. The van der Waals surface area contributed by atoms with E-state index in [2.05, 4.69) is 9.88 Å². The molecule has 1 aromatic heterocycles. The van der Waals surface area contributed by atoms with Crippen LogP contribution in [0.15, 0.2) is 47.5 Å². The minimum atomic E-state index is -1.52. The van der Waals surface area contributed by atoms with Crippen molar-refractivity contribution in [3.63, 3.8) is 0 Å². The molecule has 3 rings (SSSR count). The second kappa shape index (κ2) is 6.84. The number of aromatic amines is 1. The quantitative estimate of drug-likeness (QED) is 0.746. The summed E-state index contributed by atoms with van der Waals surface area (Å²) in [6, 6.07) is 10.5. The number of rotatable bonds is 5. The van der Waals surface area contributed by atoms with Crippen molar-refractivity contribution in [1.29, 1.82) is 0 Å². The van der Waals surface area contributed by atoms with E-state index >= 15 is 0 Å². The van der Waals surface area contributed by atoms with Crippen molar-refractivity contribution in [3.8, 4) is 11.1 Å². The number of halogens is 1. The minimum absolute atomic E-state index is 0.267. The van der Waals surface area contributed by atoms with Gasteiger partial charge in [0.05, 0.1) is 4.90 Å². The standard InChI is InChI=1S/C18H20FN3OS/c1-22(2)8-7-13-9-12(3-6-18(13)24(20)23)16-11-21-17-10-14(19)4-5-15(16)17/h3-6,9-11,21H,7-8,20H2,1-2H3. The normalized spacial score (nSPS) is 12.9. The Labute approximate surface area is 143 Å². The number of benzene rings is 2. The molecule has 6 heteroatoms. The highest BCUT2D eigenvalue weighted by molar-refractivity contribution is 7.82. The molecular formula is C18H20FN3OS. The zero-order chi connectivity index (χ0) is 17.3. The largest absolute Gasteiger partial charge is 0.360 e. The van der Waals surface area contributed by atoms with Gasteiger partial charge in [0.15, 0.2) is 0 Å². The molecule has 0 bridgehead atoms. The van der Waals surface area contributed by atoms with Gasteiger partial charge in [0, 0.05) is 29.2 Å². The van der Waals surface area contributed by atoms with Gasteiger partial charge in [-0.05, 0) is 62.0 Å². The van der Waals surface area contributed by atoms with E-state index in [0.29, 0.717) is 4.90 Å². The first-order valence-corrected chi connectivity index (χ1v) is 8.88. The van der Waals surface area contributed by atoms with E-state index in [9.17, 15) is 8.60 Å². The molecule has 0 aliphatic heterocycles. The van der Waals surface area contributed by atoms with Crippen molar-refractivity contribution in [1.82, 2.24) is 9.88 Å². The predicted molar refractivity (Wildman–Crippen MR) is 96.5 cm³/mol. The molecule has 0 saturated carbocycles. The van der Waals surface area contributed by atoms with Crippen LogP contribution in [0.2, 0.25) is 0 Å². The van der Waals surface area contributed by atoms with Crippen LogP contribution in [-0.4, -0.2) is 34.7 Å². The molecule has 24 heavy (non-hydrogen) atoms. The summed E-state index contributed by atoms with van der Waals surface area (Å²) in [6.45, 7) is 0.840. The third kappa shape index (κ3) is 3.40. The lowest BCUT2D eigenvalue weighted by molar-refractivity contribution is 0.412. The van der Waals surface area contributed by atoms with Crippen LogP contribution in [0.5, 0.6) is 0 Å². The molecule has 0 amide bonds. The number of hydrogen-bond acceptors (Lipinski definition) is 2. The van der Waals surface area contributed by atoms with Gasteiger partial charge in [-0.25, -0.2) is 13.7 Å². The van der Waals surface area contributed by atoms with E-state index in [1.165, 1.54) is 12.1 Å². The van der Waals surface area contributed by atoms with E-state index in [1.54, 1.807) is 6.07 Å². The molecule has 1 atom stereocenters. The van der Waals surface area contributed by atoms with E-state index < -0.39 is 11.0 Å². The van der Waals surface area contributed by atoms with Crippen LogP contribution in [0.4, 0.5) is 4.39 Å². The Balaban J connectivity index is 2.06. The molecule has 126 valence electrons. The van der Waals surface area contributed by atoms with Crippen LogP contribution < -0.4 is 5.14 Å². The number of aromatic nitrogens is 1. The van der Waals surface area contributed by atoms with Gasteiger partial charge in [-0.2, -0.15) is 0 Å². The van der Waals surface area contributed by atoms with Crippen LogP contribution in [-0.2, 0) is 17.4 Å². The Morgan fingerprint density at radius 2 is 2.00 bits per heavy atom. The number of H-pyrrole nitrogens is 1. The zero-order valence-electron chi connectivity index (χ0n) is 13.7. The monoisotopic (exact) mass is 345 g/mol. The number of hydrogen-bond donors (Lipinski definition) is 2. The van der Waals surface area contributed by atoms with Crippen LogP contribution in [0.3, 0.4) is 0 Å². The fourth-order valence-corrected chi connectivity index (χ4v) is 3.44. The smallest absolute Gasteiger partial charge is 0.125 e. The Morgan fingerprint density at radius 3 is 2.71 bits per heavy atom. The molecule has 0 spiro atoms. The van der Waals surface area contributed by atoms with Gasteiger partial charge in [0.2, 0.25) is 0 Å². The molecule has 1 unspecified atom stereocenters. The minimum Gasteiger partial charge on any atom is -0.360 e. The molecule has 2 aromatic carbocycles. The summed E-state index contributed by atoms with van der Waals surface area (Å²) in [7, 11) is 2.48. The van der Waals surface area contributed by atoms with E-state index in [1.807, 2.05) is 38.5 Å². The van der Waals surface area contributed by atoms with Crippen molar-refractivity contribution >= 4 is 21.9 Å². The van der Waals surface area contributed by atoms with Gasteiger partial charge in [-0.1, -0.05) is 6.07 Å². The first-order chi connectivity index (χ1) is 11.5. The Bertz CT molecular complexity index is 904. The summed E-state index contributed by atoms with van der Waals surface area (Å²) in [5, 5.41) is 6.56. The number of nitrogens with two attached hydrogens (primary N) is 1. The topological polar surface area (TPSA) is 62.1 Å². The summed E-state index contributed by atoms with van der Waals surface area (Å²) >= 11 is 0. The molecule has 3 aromatic rings. The molecule has 1 heterocycles. The third-order valence-corrected chi connectivity index (χ3v) is 4.89. The summed E-state index contributed by atoms with van der Waals surface area (Å²) in [4.78, 5) is 5.83. The molecule has 0 fully saturated rings. The van der Waals surface area contributed by atoms with Crippen molar-refractivity contribution in [2.75, 3.05) is 20.6 Å². The molecule has 0 aliphatic carbocycles. The van der Waals surface area contributed by atoms with Gasteiger partial charge >= 0.3 is 0 Å². The maximum atomic E-state index is 13.4. The van der Waals surface area contributed by atoms with Gasteiger partial charge in [0.1, 0.15) is 16.8 Å². The lowest BCUT2D eigenvalue weighted by Gasteiger charge is -2.13. The van der Waals surface area contributed by atoms with Gasteiger partial charge in [0.25, 0.3) is 0 Å². The third-order valence-electron chi connectivity index (χ3n) is 4.06. The van der Waals surface area contributed by atoms with Crippen LogP contribution in [0, 0.1) is 5.82 Å². The van der Waals surface area contributed by atoms with Gasteiger partial charge in [-0.3, -0.25) is 0 Å². The van der Waals surface area contributed by atoms with Crippen LogP contribution >= 0.6 is 0 Å². The van der Waals surface area contributed by atoms with Crippen molar-refractivity contribution in [2.45, 2.75) is 11.3 Å². The van der Waals surface area contributed by atoms with Gasteiger partial charge in [-0.15, -0.1) is 0 Å². The predicted octanol–water partition coefficient (Wildman–Crippen LogP) is 3.06. The summed E-state index contributed by atoms with van der Waals surface area (Å²) in [5.41, 5.74) is 3.71. The SMILES string of the molecule is CN(C)CCc1cc(-c2c[nH]c3cc(F)ccc23)ccc1S(N)=O. The molecule has 0 aliphatic rings. The Hall–Kier alpha value is -2.02. The molecule has 3 N–H and O–H groups in total. The number of fused-ring (bicyclic) bond motifs is 1. The van der Waals surface area contributed by atoms with Crippen molar-refractivity contribution < 1.29 is 8.60 Å². The van der Waals surface area contributed by atoms with E-state index in [4.69, 9.17) is 5.14 Å². The average molecular weight is 345 g/mol. The maximum Gasteiger partial charge on any atom is 0.125 e. The Morgan fingerprint density at radius 1 is 1.21 bits per heavy atom. The Kier molecular flexibility index (Phi) is 4.80. The maximum absolute atomic E-state index is 13.4. The molecule has 4 nitrogen and oxygen atoms in total. The second-order valence-corrected chi connectivity index (χ2v) is 7.10. The first-order valence-electron chi connectivity index (χ1n) is 7.66. The molecule has 0 saturated heterocycles. The van der Waals surface area contributed by atoms with Crippen molar-refractivity contribution in [2.24, 2.45) is 5.14 Å². The first kappa shape index (κ1) is 16.8. The summed E-state index contributed by atoms with van der Waals surface area (Å²) in [6.07, 6.45) is 2.63. The zero-order valence-corrected chi connectivity index (χ0v) is 14.5. The fourth-order valence-electron chi connectivity index (χ4n) is 2.82. The average Bonchev–Trinajstić information content (AvgIpc) is 2.95.